The van der Waals surface area contributed by atoms with Crippen LogP contribution in [0, 0.1) is 6.92 Å². The van der Waals surface area contributed by atoms with Gasteiger partial charge in [0.1, 0.15) is 12.4 Å². The van der Waals surface area contributed by atoms with Crippen LogP contribution in [0.5, 0.6) is 11.5 Å². The number of anilines is 1. The fourth-order valence-corrected chi connectivity index (χ4v) is 6.02. The Morgan fingerprint density at radius 1 is 0.927 bits per heavy atom. The molecule has 1 aliphatic rings. The molecule has 1 unspecified atom stereocenters. The summed E-state index contributed by atoms with van der Waals surface area (Å²) in [6, 6.07) is 28.7. The third kappa shape index (κ3) is 4.94. The highest BCUT2D eigenvalue weighted by atomic mass is 32.1. The van der Waals surface area contributed by atoms with Gasteiger partial charge in [0, 0.05) is 5.56 Å². The van der Waals surface area contributed by atoms with Crippen molar-refractivity contribution < 1.29 is 24.2 Å². The Bertz CT molecular complexity index is 1800. The fraction of sp³-hybridized carbons (Fsp3) is 0.121. The van der Waals surface area contributed by atoms with E-state index >= 15 is 0 Å². The van der Waals surface area contributed by atoms with Crippen LogP contribution >= 0.6 is 11.3 Å². The molecule has 7 nitrogen and oxygen atoms in total. The van der Waals surface area contributed by atoms with Gasteiger partial charge >= 0.3 is 5.91 Å². The number of hydrogen-bond acceptors (Lipinski definition) is 7. The first kappa shape index (κ1) is 26.3. The lowest BCUT2D eigenvalue weighted by Crippen LogP contribution is -2.29. The lowest BCUT2D eigenvalue weighted by molar-refractivity contribution is -0.132. The molecule has 1 N–H and O–H groups in total. The van der Waals surface area contributed by atoms with E-state index in [4.69, 9.17) is 14.5 Å². The third-order valence-corrected chi connectivity index (χ3v) is 7.99. The summed E-state index contributed by atoms with van der Waals surface area (Å²) in [6.45, 7) is 2.33. The van der Waals surface area contributed by atoms with Crippen molar-refractivity contribution in [3.63, 3.8) is 0 Å². The monoisotopic (exact) mass is 562 g/mol. The number of aliphatic hydroxyl groups is 1. The molecule has 4 aromatic carbocycles. The number of hydrogen-bond donors (Lipinski definition) is 1. The number of ether oxygens (including phenoxy) is 2. The van der Waals surface area contributed by atoms with Gasteiger partial charge in [0.25, 0.3) is 5.78 Å². The Hall–Kier alpha value is -4.95. The van der Waals surface area contributed by atoms with Gasteiger partial charge in [-0.1, -0.05) is 84.1 Å². The first-order valence-electron chi connectivity index (χ1n) is 13.0. The molecule has 0 aliphatic carbocycles. The van der Waals surface area contributed by atoms with E-state index in [0.717, 1.165) is 21.3 Å². The lowest BCUT2D eigenvalue weighted by Gasteiger charge is -2.24. The summed E-state index contributed by atoms with van der Waals surface area (Å²) in [5, 5.41) is 11.7. The number of Topliss-reactive ketones (excluding diaryl/α,β-unsaturated/α-hetero) is 1. The standard InChI is InChI=1S/C33H26N2O5S/c1-20-13-15-24-27(17-20)41-33(34-24)35-29(28(31(37)32(35)38)30(36)22-11-7-4-8-12-22)23-14-16-25(26(18-23)39-2)40-19-21-9-5-3-6-10-21/h3-18,29,36H,19H2,1-2H3. The van der Waals surface area contributed by atoms with E-state index in [-0.39, 0.29) is 11.3 Å². The van der Waals surface area contributed by atoms with Crippen molar-refractivity contribution in [1.29, 1.82) is 0 Å². The highest BCUT2D eigenvalue weighted by Crippen LogP contribution is 2.46. The Morgan fingerprint density at radius 2 is 1.66 bits per heavy atom. The number of benzene rings is 4. The molecule has 1 aliphatic heterocycles. The zero-order valence-electron chi connectivity index (χ0n) is 22.4. The number of carbonyl (C=O) groups is 2. The number of thiazole rings is 1. The number of aromatic nitrogens is 1. The molecule has 2 heterocycles. The van der Waals surface area contributed by atoms with E-state index in [9.17, 15) is 14.7 Å². The highest BCUT2D eigenvalue weighted by Gasteiger charge is 2.48. The number of carbonyl (C=O) groups excluding carboxylic acids is 2. The van der Waals surface area contributed by atoms with Crippen molar-refractivity contribution in [2.45, 2.75) is 19.6 Å². The average Bonchev–Trinajstić information content (AvgIpc) is 3.53. The molecule has 0 saturated carbocycles. The molecule has 0 bridgehead atoms. The number of aliphatic hydroxyl groups excluding tert-OH is 1. The molecule has 6 rings (SSSR count). The normalized spacial score (nSPS) is 16.3. The molecule has 0 spiro atoms. The van der Waals surface area contributed by atoms with Gasteiger partial charge in [-0.25, -0.2) is 4.98 Å². The Labute approximate surface area is 240 Å². The van der Waals surface area contributed by atoms with Crippen molar-refractivity contribution in [2.24, 2.45) is 0 Å². The molecule has 204 valence electrons. The van der Waals surface area contributed by atoms with Crippen LogP contribution in [0.25, 0.3) is 16.0 Å². The van der Waals surface area contributed by atoms with Crippen LogP contribution in [0.1, 0.15) is 28.3 Å². The molecular weight excluding hydrogens is 536 g/mol. The van der Waals surface area contributed by atoms with E-state index in [1.54, 1.807) is 42.5 Å². The third-order valence-electron chi connectivity index (χ3n) is 6.97. The first-order valence-corrected chi connectivity index (χ1v) is 13.8. The summed E-state index contributed by atoms with van der Waals surface area (Å²) in [6.07, 6.45) is 0. The molecule has 0 radical (unpaired) electrons. The quantitative estimate of drug-likeness (QED) is 0.133. The lowest BCUT2D eigenvalue weighted by atomic mass is 9.95. The number of aryl methyl sites for hydroxylation is 1. The smallest absolute Gasteiger partial charge is 0.301 e. The molecule has 1 aromatic heterocycles. The Morgan fingerprint density at radius 3 is 2.39 bits per heavy atom. The van der Waals surface area contributed by atoms with Gasteiger partial charge in [0.2, 0.25) is 0 Å². The van der Waals surface area contributed by atoms with Gasteiger partial charge < -0.3 is 14.6 Å². The SMILES string of the molecule is COc1cc(C2C(=C(O)c3ccccc3)C(=O)C(=O)N2c2nc3ccc(C)cc3s2)ccc1OCc1ccccc1. The summed E-state index contributed by atoms with van der Waals surface area (Å²) < 4.78 is 12.6. The maximum atomic E-state index is 13.6. The number of amides is 1. The van der Waals surface area contributed by atoms with Crippen LogP contribution in [0.2, 0.25) is 0 Å². The van der Waals surface area contributed by atoms with Crippen molar-refractivity contribution in [2.75, 3.05) is 12.0 Å². The van der Waals surface area contributed by atoms with E-state index in [1.165, 1.54) is 23.3 Å². The van der Waals surface area contributed by atoms with Gasteiger partial charge in [-0.05, 0) is 47.9 Å². The number of nitrogens with zero attached hydrogens (tertiary/aromatic N) is 2. The summed E-state index contributed by atoms with van der Waals surface area (Å²) in [5.41, 5.74) is 3.77. The molecule has 1 saturated heterocycles. The van der Waals surface area contributed by atoms with E-state index < -0.39 is 17.7 Å². The van der Waals surface area contributed by atoms with Gasteiger partial charge in [-0.3, -0.25) is 14.5 Å². The largest absolute Gasteiger partial charge is 0.507 e. The summed E-state index contributed by atoms with van der Waals surface area (Å²) >= 11 is 1.32. The predicted octanol–water partition coefficient (Wildman–Crippen LogP) is 6.82. The van der Waals surface area contributed by atoms with Gasteiger partial charge in [-0.2, -0.15) is 0 Å². The van der Waals surface area contributed by atoms with E-state index in [1.807, 2.05) is 61.5 Å². The van der Waals surface area contributed by atoms with Crippen molar-refractivity contribution >= 4 is 44.1 Å². The maximum absolute atomic E-state index is 13.6. The Balaban J connectivity index is 1.47. The predicted molar refractivity (Wildman–Crippen MR) is 159 cm³/mol. The highest BCUT2D eigenvalue weighted by molar-refractivity contribution is 7.22. The molecular formula is C33H26N2O5S. The van der Waals surface area contributed by atoms with E-state index in [2.05, 4.69) is 0 Å². The molecule has 5 aromatic rings. The zero-order valence-corrected chi connectivity index (χ0v) is 23.2. The number of rotatable bonds is 7. The summed E-state index contributed by atoms with van der Waals surface area (Å²) in [5.74, 6) is -0.849. The zero-order chi connectivity index (χ0) is 28.5. The molecule has 8 heteroatoms. The van der Waals surface area contributed by atoms with Crippen molar-refractivity contribution in [3.8, 4) is 11.5 Å². The van der Waals surface area contributed by atoms with Crippen LogP contribution < -0.4 is 14.4 Å². The minimum atomic E-state index is -0.936. The second kappa shape index (κ2) is 10.9. The molecule has 1 amide bonds. The topological polar surface area (TPSA) is 89.0 Å². The molecule has 1 atom stereocenters. The van der Waals surface area contributed by atoms with Crippen molar-refractivity contribution in [1.82, 2.24) is 4.98 Å². The van der Waals surface area contributed by atoms with Gasteiger partial charge in [0.05, 0.1) is 28.9 Å². The van der Waals surface area contributed by atoms with Crippen LogP contribution in [-0.2, 0) is 16.2 Å². The number of fused-ring (bicyclic) bond motifs is 1. The summed E-state index contributed by atoms with van der Waals surface area (Å²) in [4.78, 5) is 33.2. The van der Waals surface area contributed by atoms with Gasteiger partial charge in [-0.15, -0.1) is 0 Å². The molecule has 41 heavy (non-hydrogen) atoms. The second-order valence-corrected chi connectivity index (χ2v) is 10.7. The second-order valence-electron chi connectivity index (χ2n) is 9.69. The average molecular weight is 563 g/mol. The number of methoxy groups -OCH3 is 1. The number of ketones is 1. The minimum absolute atomic E-state index is 0.0170. The first-order chi connectivity index (χ1) is 19.9. The van der Waals surface area contributed by atoms with Crippen LogP contribution in [-0.4, -0.2) is 28.9 Å². The van der Waals surface area contributed by atoms with Crippen molar-refractivity contribution in [3.05, 3.63) is 125 Å². The summed E-state index contributed by atoms with van der Waals surface area (Å²) in [7, 11) is 1.53. The molecule has 1 fully saturated rings. The van der Waals surface area contributed by atoms with Crippen LogP contribution in [0.3, 0.4) is 0 Å². The maximum Gasteiger partial charge on any atom is 0.301 e. The fourth-order valence-electron chi connectivity index (χ4n) is 4.93. The Kier molecular flexibility index (Phi) is 6.99. The van der Waals surface area contributed by atoms with Gasteiger partial charge in [0.15, 0.2) is 16.6 Å². The minimum Gasteiger partial charge on any atom is -0.507 e. The van der Waals surface area contributed by atoms with Crippen LogP contribution in [0.4, 0.5) is 5.13 Å². The van der Waals surface area contributed by atoms with E-state index in [0.29, 0.717) is 34.4 Å². The van der Waals surface area contributed by atoms with Crippen LogP contribution in [0.15, 0.2) is 103 Å².